The smallest absolute Gasteiger partial charge is 0.272 e. The van der Waals surface area contributed by atoms with Crippen LogP contribution < -0.4 is 5.32 Å². The Kier molecular flexibility index (Phi) is 4.90. The zero-order valence-electron chi connectivity index (χ0n) is 10.1. The largest absolute Gasteiger partial charge is 0.393 e. The molecular formula is C12H18N2O3. The number of benzene rings is 1. The fourth-order valence-electron chi connectivity index (χ4n) is 1.56. The molecule has 0 saturated heterocycles. The van der Waals surface area contributed by atoms with Gasteiger partial charge in [0.05, 0.1) is 11.0 Å². The minimum absolute atomic E-state index is 0.129. The van der Waals surface area contributed by atoms with Crippen molar-refractivity contribution in [1.29, 1.82) is 0 Å². The van der Waals surface area contributed by atoms with E-state index < -0.39 is 0 Å². The molecule has 0 spiro atoms. The van der Waals surface area contributed by atoms with Crippen LogP contribution in [0.5, 0.6) is 0 Å². The Hall–Kier alpha value is -1.62. The molecule has 0 heterocycles. The fraction of sp³-hybridized carbons (Fsp3) is 0.500. The molecule has 0 aliphatic rings. The Morgan fingerprint density at radius 2 is 2.24 bits per heavy atom. The van der Waals surface area contributed by atoms with E-state index in [2.05, 4.69) is 5.32 Å². The summed E-state index contributed by atoms with van der Waals surface area (Å²) >= 11 is 0. The molecule has 0 amide bonds. The van der Waals surface area contributed by atoms with Crippen molar-refractivity contribution in [1.82, 2.24) is 0 Å². The molecule has 0 aliphatic heterocycles. The van der Waals surface area contributed by atoms with Gasteiger partial charge in [-0.2, -0.15) is 0 Å². The van der Waals surface area contributed by atoms with Gasteiger partial charge in [0, 0.05) is 23.9 Å². The van der Waals surface area contributed by atoms with Crippen molar-refractivity contribution in [3.05, 3.63) is 33.9 Å². The molecule has 1 atom stereocenters. The molecule has 94 valence electrons. The van der Waals surface area contributed by atoms with E-state index in [1.807, 2.05) is 6.92 Å². The summed E-state index contributed by atoms with van der Waals surface area (Å²) in [5.74, 6) is 0. The lowest BCUT2D eigenvalue weighted by Gasteiger charge is -2.10. The van der Waals surface area contributed by atoms with Crippen LogP contribution in [0.1, 0.15) is 25.3 Å². The van der Waals surface area contributed by atoms with E-state index in [4.69, 9.17) is 0 Å². The van der Waals surface area contributed by atoms with Gasteiger partial charge in [0.25, 0.3) is 5.69 Å². The third kappa shape index (κ3) is 4.03. The van der Waals surface area contributed by atoms with Crippen LogP contribution >= 0.6 is 0 Å². The standard InChI is InChI=1S/C12H18N2O3/c1-3-11(15)6-7-13-10-4-5-12(14(16)17)9(2)8-10/h4-5,8,11,13,15H,3,6-7H2,1-2H3. The highest BCUT2D eigenvalue weighted by atomic mass is 16.6. The number of anilines is 1. The molecule has 1 rings (SSSR count). The van der Waals surface area contributed by atoms with Gasteiger partial charge in [0.1, 0.15) is 0 Å². The average molecular weight is 238 g/mol. The molecule has 0 radical (unpaired) electrons. The molecule has 1 aromatic carbocycles. The van der Waals surface area contributed by atoms with Crippen molar-refractivity contribution in [2.75, 3.05) is 11.9 Å². The van der Waals surface area contributed by atoms with Crippen LogP contribution in [-0.4, -0.2) is 22.7 Å². The van der Waals surface area contributed by atoms with Gasteiger partial charge in [-0.3, -0.25) is 10.1 Å². The molecular weight excluding hydrogens is 220 g/mol. The van der Waals surface area contributed by atoms with E-state index in [9.17, 15) is 15.2 Å². The molecule has 0 saturated carbocycles. The van der Waals surface area contributed by atoms with E-state index in [-0.39, 0.29) is 16.7 Å². The van der Waals surface area contributed by atoms with Crippen LogP contribution in [0.25, 0.3) is 0 Å². The molecule has 5 nitrogen and oxygen atoms in total. The van der Waals surface area contributed by atoms with Gasteiger partial charge < -0.3 is 10.4 Å². The number of hydrogen-bond donors (Lipinski definition) is 2. The zero-order chi connectivity index (χ0) is 12.8. The highest BCUT2D eigenvalue weighted by Gasteiger charge is 2.09. The molecule has 0 bridgehead atoms. The Morgan fingerprint density at radius 3 is 2.76 bits per heavy atom. The number of aryl methyl sites for hydroxylation is 1. The summed E-state index contributed by atoms with van der Waals surface area (Å²) in [7, 11) is 0. The second-order valence-electron chi connectivity index (χ2n) is 4.04. The van der Waals surface area contributed by atoms with Gasteiger partial charge in [-0.25, -0.2) is 0 Å². The first-order chi connectivity index (χ1) is 8.04. The van der Waals surface area contributed by atoms with Crippen LogP contribution in [0, 0.1) is 17.0 Å². The van der Waals surface area contributed by atoms with Crippen molar-refractivity contribution in [3.63, 3.8) is 0 Å². The van der Waals surface area contributed by atoms with Gasteiger partial charge in [-0.1, -0.05) is 6.92 Å². The molecule has 0 aliphatic carbocycles. The second kappa shape index (κ2) is 6.20. The van der Waals surface area contributed by atoms with Gasteiger partial charge in [0.15, 0.2) is 0 Å². The van der Waals surface area contributed by atoms with Crippen LogP contribution in [0.4, 0.5) is 11.4 Å². The highest BCUT2D eigenvalue weighted by molar-refractivity contribution is 5.53. The number of aliphatic hydroxyl groups excluding tert-OH is 1. The van der Waals surface area contributed by atoms with Crippen molar-refractivity contribution in [2.45, 2.75) is 32.8 Å². The van der Waals surface area contributed by atoms with Crippen LogP contribution in [0.15, 0.2) is 18.2 Å². The predicted octanol–water partition coefficient (Wildman–Crippen LogP) is 2.48. The summed E-state index contributed by atoms with van der Waals surface area (Å²) in [6.45, 7) is 4.30. The van der Waals surface area contributed by atoms with E-state index >= 15 is 0 Å². The average Bonchev–Trinajstić information content (AvgIpc) is 2.28. The van der Waals surface area contributed by atoms with Gasteiger partial charge in [-0.15, -0.1) is 0 Å². The Balaban J connectivity index is 2.56. The lowest BCUT2D eigenvalue weighted by atomic mass is 10.1. The SMILES string of the molecule is CCC(O)CCNc1ccc([N+](=O)[O-])c(C)c1. The van der Waals surface area contributed by atoms with E-state index in [1.54, 1.807) is 19.1 Å². The molecule has 1 unspecified atom stereocenters. The lowest BCUT2D eigenvalue weighted by molar-refractivity contribution is -0.385. The quantitative estimate of drug-likeness (QED) is 0.589. The summed E-state index contributed by atoms with van der Waals surface area (Å²) in [6.07, 6.45) is 1.12. The van der Waals surface area contributed by atoms with Gasteiger partial charge in [-0.05, 0) is 31.9 Å². The second-order valence-corrected chi connectivity index (χ2v) is 4.04. The van der Waals surface area contributed by atoms with Gasteiger partial charge in [0.2, 0.25) is 0 Å². The maximum absolute atomic E-state index is 10.6. The van der Waals surface area contributed by atoms with E-state index in [0.29, 0.717) is 18.5 Å². The van der Waals surface area contributed by atoms with Gasteiger partial charge >= 0.3 is 0 Å². The van der Waals surface area contributed by atoms with Crippen LogP contribution in [-0.2, 0) is 0 Å². The number of nitro groups is 1. The topological polar surface area (TPSA) is 75.4 Å². The third-order valence-corrected chi connectivity index (χ3v) is 2.67. The molecule has 0 aromatic heterocycles. The van der Waals surface area contributed by atoms with Crippen molar-refractivity contribution < 1.29 is 10.0 Å². The fourth-order valence-corrected chi connectivity index (χ4v) is 1.56. The number of rotatable bonds is 6. The van der Waals surface area contributed by atoms with Crippen molar-refractivity contribution in [2.24, 2.45) is 0 Å². The lowest BCUT2D eigenvalue weighted by Crippen LogP contribution is -2.12. The van der Waals surface area contributed by atoms with Crippen LogP contribution in [0.2, 0.25) is 0 Å². The molecule has 1 aromatic rings. The number of aliphatic hydroxyl groups is 1. The maximum Gasteiger partial charge on any atom is 0.272 e. The number of hydrogen-bond acceptors (Lipinski definition) is 4. The highest BCUT2D eigenvalue weighted by Crippen LogP contribution is 2.21. The maximum atomic E-state index is 10.6. The Morgan fingerprint density at radius 1 is 1.53 bits per heavy atom. The predicted molar refractivity (Wildman–Crippen MR) is 67.2 cm³/mol. The van der Waals surface area contributed by atoms with E-state index in [1.165, 1.54) is 6.07 Å². The summed E-state index contributed by atoms with van der Waals surface area (Å²) in [5, 5.41) is 23.1. The summed E-state index contributed by atoms with van der Waals surface area (Å²) in [4.78, 5) is 10.2. The molecule has 17 heavy (non-hydrogen) atoms. The minimum Gasteiger partial charge on any atom is -0.393 e. The third-order valence-electron chi connectivity index (χ3n) is 2.67. The summed E-state index contributed by atoms with van der Waals surface area (Å²) in [5.41, 5.74) is 1.61. The number of nitro benzene ring substituents is 1. The zero-order valence-corrected chi connectivity index (χ0v) is 10.1. The van der Waals surface area contributed by atoms with Crippen molar-refractivity contribution in [3.8, 4) is 0 Å². The normalized spacial score (nSPS) is 12.2. The number of nitrogens with one attached hydrogen (secondary N) is 1. The molecule has 0 fully saturated rings. The first kappa shape index (κ1) is 13.4. The van der Waals surface area contributed by atoms with Crippen molar-refractivity contribution >= 4 is 11.4 Å². The first-order valence-corrected chi connectivity index (χ1v) is 5.71. The summed E-state index contributed by atoms with van der Waals surface area (Å²) < 4.78 is 0. The molecule has 2 N–H and O–H groups in total. The first-order valence-electron chi connectivity index (χ1n) is 5.71. The monoisotopic (exact) mass is 238 g/mol. The Labute approximate surface area is 101 Å². The van der Waals surface area contributed by atoms with Crippen LogP contribution in [0.3, 0.4) is 0 Å². The minimum atomic E-state index is -0.389. The summed E-state index contributed by atoms with van der Waals surface area (Å²) in [6, 6.07) is 4.92. The number of nitrogens with zero attached hydrogens (tertiary/aromatic N) is 1. The Bertz CT molecular complexity index is 393. The van der Waals surface area contributed by atoms with E-state index in [0.717, 1.165) is 12.1 Å². The molecule has 5 heteroatoms.